The van der Waals surface area contributed by atoms with E-state index >= 15 is 0 Å². The van der Waals surface area contributed by atoms with Crippen molar-refractivity contribution >= 4 is 19.8 Å². The van der Waals surface area contributed by atoms with Crippen LogP contribution in [-0.2, 0) is 32.7 Å². The summed E-state index contributed by atoms with van der Waals surface area (Å²) in [6.07, 6.45) is 37.1. The Labute approximate surface area is 323 Å². The monoisotopic (exact) mass is 775 g/mol. The molecule has 0 aliphatic heterocycles. The van der Waals surface area contributed by atoms with Gasteiger partial charge >= 0.3 is 19.8 Å². The number of allylic oxidation sites excluding steroid dienone is 4. The molecule has 0 aromatic rings. The molecule has 3 atom stereocenters. The van der Waals surface area contributed by atoms with Gasteiger partial charge in [-0.25, -0.2) is 4.57 Å². The van der Waals surface area contributed by atoms with E-state index in [0.29, 0.717) is 12.8 Å². The lowest BCUT2D eigenvalue weighted by molar-refractivity contribution is -0.161. The maximum Gasteiger partial charge on any atom is 0.472 e. The van der Waals surface area contributed by atoms with Gasteiger partial charge in [-0.15, -0.1) is 0 Å². The third kappa shape index (κ3) is 38.5. The average Bonchev–Trinajstić information content (AvgIpc) is 3.14. The highest BCUT2D eigenvalue weighted by Gasteiger charge is 2.27. The predicted molar refractivity (Wildman–Crippen MR) is 215 cm³/mol. The first-order valence-corrected chi connectivity index (χ1v) is 22.8. The second kappa shape index (κ2) is 38.7. The number of hydrogen-bond acceptors (Lipinski definition) is 9. The van der Waals surface area contributed by atoms with Crippen LogP contribution < -0.4 is 0 Å². The SMILES string of the molecule is CCCCCC/C=C/CCCCCCCCCC(=O)OCC(COP(=O)(O)OCC(O)CO)OC(=O)CCCCCCCCC/C=C/CCCCCC. The molecule has 3 N–H and O–H groups in total. The van der Waals surface area contributed by atoms with Crippen molar-refractivity contribution in [3.05, 3.63) is 24.3 Å². The molecule has 0 amide bonds. The summed E-state index contributed by atoms with van der Waals surface area (Å²) in [5.41, 5.74) is 0. The topological polar surface area (TPSA) is 149 Å². The number of hydrogen-bond donors (Lipinski definition) is 3. The van der Waals surface area contributed by atoms with Gasteiger partial charge in [0.25, 0.3) is 0 Å². The highest BCUT2D eigenvalue weighted by atomic mass is 31.2. The van der Waals surface area contributed by atoms with Gasteiger partial charge in [-0.05, 0) is 64.2 Å². The summed E-state index contributed by atoms with van der Waals surface area (Å²) in [7, 11) is -4.61. The summed E-state index contributed by atoms with van der Waals surface area (Å²) in [5, 5.41) is 18.3. The summed E-state index contributed by atoms with van der Waals surface area (Å²) in [5.74, 6) is -0.931. The second-order valence-electron chi connectivity index (χ2n) is 14.4. The van der Waals surface area contributed by atoms with Crippen LogP contribution in [0.5, 0.6) is 0 Å². The number of aliphatic hydroxyl groups excluding tert-OH is 2. The molecule has 10 nitrogen and oxygen atoms in total. The van der Waals surface area contributed by atoms with E-state index in [1.807, 2.05) is 0 Å². The minimum atomic E-state index is -4.61. The summed E-state index contributed by atoms with van der Waals surface area (Å²) in [6, 6.07) is 0. The molecule has 0 spiro atoms. The zero-order valence-electron chi connectivity index (χ0n) is 33.7. The molecule has 0 fully saturated rings. The lowest BCUT2D eigenvalue weighted by atomic mass is 10.1. The van der Waals surface area contributed by atoms with Gasteiger partial charge in [-0.3, -0.25) is 18.6 Å². The molecular formula is C42H79O10P. The fraction of sp³-hybridized carbons (Fsp3) is 0.857. The Bertz CT molecular complexity index is 941. The van der Waals surface area contributed by atoms with Crippen LogP contribution in [0.4, 0.5) is 0 Å². The number of phosphoric acid groups is 1. The molecule has 0 aliphatic rings. The second-order valence-corrected chi connectivity index (χ2v) is 15.8. The molecule has 0 radical (unpaired) electrons. The van der Waals surface area contributed by atoms with Crippen molar-refractivity contribution < 1.29 is 47.8 Å². The lowest BCUT2D eigenvalue weighted by Gasteiger charge is -2.20. The Morgan fingerprint density at radius 3 is 1.36 bits per heavy atom. The standard InChI is InChI=1S/C42H79O10P/c1-3-5-7-9-11-13-15-17-19-21-23-25-27-29-31-33-41(45)49-37-40(38-51-53(47,48)50-36-39(44)35-43)52-42(46)34-32-30-28-26-24-22-20-18-16-14-12-10-8-6-4-2/h13-16,39-40,43-44H,3-12,17-38H2,1-2H3,(H,47,48)/b15-13+,16-14+. The largest absolute Gasteiger partial charge is 0.472 e. The van der Waals surface area contributed by atoms with Gasteiger partial charge in [0.05, 0.1) is 19.8 Å². The molecule has 0 aromatic heterocycles. The molecule has 0 saturated carbocycles. The molecule has 3 unspecified atom stereocenters. The van der Waals surface area contributed by atoms with Crippen molar-refractivity contribution in [3.63, 3.8) is 0 Å². The molecule has 0 heterocycles. The number of unbranched alkanes of at least 4 members (excludes halogenated alkanes) is 22. The lowest BCUT2D eigenvalue weighted by Crippen LogP contribution is -2.29. The van der Waals surface area contributed by atoms with E-state index in [2.05, 4.69) is 42.7 Å². The van der Waals surface area contributed by atoms with E-state index in [1.165, 1.54) is 103 Å². The molecule has 53 heavy (non-hydrogen) atoms. The minimum Gasteiger partial charge on any atom is -0.462 e. The van der Waals surface area contributed by atoms with E-state index in [0.717, 1.165) is 51.4 Å². The Kier molecular flexibility index (Phi) is 37.6. The van der Waals surface area contributed by atoms with Crippen molar-refractivity contribution in [2.24, 2.45) is 0 Å². The van der Waals surface area contributed by atoms with Crippen LogP contribution >= 0.6 is 7.82 Å². The Morgan fingerprint density at radius 1 is 0.547 bits per heavy atom. The van der Waals surface area contributed by atoms with Crippen LogP contribution in [0.1, 0.15) is 194 Å². The first-order valence-electron chi connectivity index (χ1n) is 21.3. The van der Waals surface area contributed by atoms with Crippen LogP contribution in [0.2, 0.25) is 0 Å². The Balaban J connectivity index is 4.31. The number of rotatable bonds is 40. The maximum absolute atomic E-state index is 12.6. The molecule has 0 aromatic carbocycles. The summed E-state index contributed by atoms with van der Waals surface area (Å²) in [6.45, 7) is 2.35. The van der Waals surface area contributed by atoms with Crippen LogP contribution in [-0.4, -0.2) is 65.7 Å². The normalized spacial score (nSPS) is 14.1. The maximum atomic E-state index is 12.6. The summed E-state index contributed by atoms with van der Waals surface area (Å²) < 4.78 is 32.7. The molecule has 11 heteroatoms. The van der Waals surface area contributed by atoms with E-state index in [4.69, 9.17) is 19.1 Å². The Hall–Kier alpha value is -1.55. The number of carbonyl (C=O) groups excluding carboxylic acids is 2. The van der Waals surface area contributed by atoms with Gasteiger partial charge in [-0.2, -0.15) is 0 Å². The van der Waals surface area contributed by atoms with Crippen LogP contribution in [0.3, 0.4) is 0 Å². The van der Waals surface area contributed by atoms with Crippen molar-refractivity contribution in [2.45, 2.75) is 206 Å². The first-order chi connectivity index (χ1) is 25.7. The fourth-order valence-electron chi connectivity index (χ4n) is 5.75. The third-order valence-corrected chi connectivity index (χ3v) is 10.0. The summed E-state index contributed by atoms with van der Waals surface area (Å²) in [4.78, 5) is 34.9. The van der Waals surface area contributed by atoms with Gasteiger partial charge in [0.1, 0.15) is 12.7 Å². The number of carbonyl (C=O) groups is 2. The van der Waals surface area contributed by atoms with Gasteiger partial charge in [-0.1, -0.05) is 141 Å². The zero-order chi connectivity index (χ0) is 39.1. The minimum absolute atomic E-state index is 0.180. The smallest absolute Gasteiger partial charge is 0.462 e. The average molecular weight is 775 g/mol. The molecule has 0 bridgehead atoms. The van der Waals surface area contributed by atoms with Crippen LogP contribution in [0.15, 0.2) is 24.3 Å². The van der Waals surface area contributed by atoms with Crippen molar-refractivity contribution in [1.82, 2.24) is 0 Å². The predicted octanol–water partition coefficient (Wildman–Crippen LogP) is 11.0. The fourth-order valence-corrected chi connectivity index (χ4v) is 6.54. The third-order valence-electron chi connectivity index (χ3n) is 9.08. The van der Waals surface area contributed by atoms with Crippen molar-refractivity contribution in [3.8, 4) is 0 Å². The molecule has 312 valence electrons. The first kappa shape index (κ1) is 51.5. The molecular weight excluding hydrogens is 695 g/mol. The van der Waals surface area contributed by atoms with E-state index in [-0.39, 0.29) is 19.4 Å². The van der Waals surface area contributed by atoms with E-state index < -0.39 is 51.8 Å². The van der Waals surface area contributed by atoms with Crippen LogP contribution in [0.25, 0.3) is 0 Å². The quantitative estimate of drug-likeness (QED) is 0.0238. The number of ether oxygens (including phenoxy) is 2. The van der Waals surface area contributed by atoms with E-state index in [9.17, 15) is 24.2 Å². The molecule has 0 saturated heterocycles. The van der Waals surface area contributed by atoms with Gasteiger partial charge in [0.2, 0.25) is 0 Å². The number of esters is 2. The van der Waals surface area contributed by atoms with Gasteiger partial charge in [0, 0.05) is 12.8 Å². The van der Waals surface area contributed by atoms with Gasteiger partial charge < -0.3 is 24.6 Å². The van der Waals surface area contributed by atoms with Gasteiger partial charge in [0.15, 0.2) is 6.10 Å². The highest BCUT2D eigenvalue weighted by Crippen LogP contribution is 2.43. The zero-order valence-corrected chi connectivity index (χ0v) is 34.6. The molecule has 0 rings (SSSR count). The van der Waals surface area contributed by atoms with Crippen molar-refractivity contribution in [2.75, 3.05) is 26.4 Å². The molecule has 0 aliphatic carbocycles. The number of aliphatic hydroxyl groups is 2. The number of phosphoric ester groups is 1. The summed E-state index contributed by atoms with van der Waals surface area (Å²) >= 11 is 0. The highest BCUT2D eigenvalue weighted by molar-refractivity contribution is 7.47. The van der Waals surface area contributed by atoms with Crippen LogP contribution in [0, 0.1) is 0 Å². The van der Waals surface area contributed by atoms with Crippen molar-refractivity contribution in [1.29, 1.82) is 0 Å². The Morgan fingerprint density at radius 2 is 0.925 bits per heavy atom. The van der Waals surface area contributed by atoms with E-state index in [1.54, 1.807) is 0 Å².